The molecular formula is C11H12N4O4S3. The van der Waals surface area contributed by atoms with Crippen LogP contribution in [0.2, 0.25) is 0 Å². The smallest absolute Gasteiger partial charge is 0.258 e. The van der Waals surface area contributed by atoms with Crippen molar-refractivity contribution in [3.8, 4) is 0 Å². The number of benzene rings is 1. The minimum atomic E-state index is -3.96. The standard InChI is InChI=1S/C11H12N4O4S3/c1-3-20-11-13-12-10(21-11)14-22(18,19)9-6-8(15(16)17)5-4-7(9)2/h4-6H,3H2,1-2H3,(H,12,14). The molecule has 1 heterocycles. The Kier molecular flexibility index (Phi) is 4.98. The van der Waals surface area contributed by atoms with Gasteiger partial charge in [-0.05, 0) is 18.2 Å². The van der Waals surface area contributed by atoms with Gasteiger partial charge in [0, 0.05) is 12.1 Å². The van der Waals surface area contributed by atoms with Crippen molar-refractivity contribution in [1.82, 2.24) is 10.2 Å². The minimum absolute atomic E-state index is 0.127. The molecule has 0 spiro atoms. The Morgan fingerprint density at radius 2 is 2.14 bits per heavy atom. The van der Waals surface area contributed by atoms with Gasteiger partial charge in [0.05, 0.1) is 9.82 Å². The molecule has 0 bridgehead atoms. The van der Waals surface area contributed by atoms with E-state index >= 15 is 0 Å². The fourth-order valence-electron chi connectivity index (χ4n) is 1.59. The second-order valence-electron chi connectivity index (χ2n) is 4.12. The van der Waals surface area contributed by atoms with E-state index in [1.807, 2.05) is 6.92 Å². The molecule has 2 aromatic rings. The molecule has 0 amide bonds. The summed E-state index contributed by atoms with van der Waals surface area (Å²) in [5, 5.41) is 18.5. The van der Waals surface area contributed by atoms with E-state index in [1.54, 1.807) is 6.92 Å². The summed E-state index contributed by atoms with van der Waals surface area (Å²) < 4.78 is 27.7. The third kappa shape index (κ3) is 3.72. The summed E-state index contributed by atoms with van der Waals surface area (Å²) in [6.07, 6.45) is 0. The van der Waals surface area contributed by atoms with Gasteiger partial charge in [-0.25, -0.2) is 8.42 Å². The van der Waals surface area contributed by atoms with Crippen LogP contribution in [0, 0.1) is 17.0 Å². The predicted octanol–water partition coefficient (Wildman–Crippen LogP) is 2.67. The maximum absolute atomic E-state index is 12.4. The molecule has 0 aliphatic heterocycles. The Balaban J connectivity index is 2.33. The number of hydrogen-bond donors (Lipinski definition) is 1. The van der Waals surface area contributed by atoms with Crippen LogP contribution in [-0.4, -0.2) is 29.3 Å². The first-order chi connectivity index (χ1) is 10.3. The number of nitrogens with zero attached hydrogens (tertiary/aromatic N) is 3. The van der Waals surface area contributed by atoms with E-state index in [1.165, 1.54) is 23.9 Å². The first kappa shape index (κ1) is 16.6. The van der Waals surface area contributed by atoms with E-state index in [9.17, 15) is 18.5 Å². The molecule has 0 aliphatic carbocycles. The number of thioether (sulfide) groups is 1. The van der Waals surface area contributed by atoms with Crippen molar-refractivity contribution in [1.29, 1.82) is 0 Å². The molecule has 0 aliphatic rings. The van der Waals surface area contributed by atoms with Crippen LogP contribution in [0.3, 0.4) is 0 Å². The highest BCUT2D eigenvalue weighted by Crippen LogP contribution is 2.28. The Morgan fingerprint density at radius 3 is 2.77 bits per heavy atom. The third-order valence-corrected chi connectivity index (χ3v) is 6.03. The van der Waals surface area contributed by atoms with Crippen LogP contribution < -0.4 is 4.72 Å². The van der Waals surface area contributed by atoms with E-state index in [0.717, 1.165) is 23.2 Å². The number of rotatable bonds is 6. The molecule has 8 nitrogen and oxygen atoms in total. The van der Waals surface area contributed by atoms with Crippen molar-refractivity contribution in [2.24, 2.45) is 0 Å². The van der Waals surface area contributed by atoms with E-state index in [0.29, 0.717) is 9.90 Å². The van der Waals surface area contributed by atoms with Crippen molar-refractivity contribution in [3.05, 3.63) is 33.9 Å². The van der Waals surface area contributed by atoms with Gasteiger partial charge in [0.15, 0.2) is 4.34 Å². The van der Waals surface area contributed by atoms with E-state index in [-0.39, 0.29) is 15.7 Å². The van der Waals surface area contributed by atoms with Crippen LogP contribution >= 0.6 is 23.1 Å². The second-order valence-corrected chi connectivity index (χ2v) is 8.26. The van der Waals surface area contributed by atoms with Crippen molar-refractivity contribution in [2.75, 3.05) is 10.5 Å². The molecule has 0 unspecified atom stereocenters. The van der Waals surface area contributed by atoms with E-state index < -0.39 is 14.9 Å². The Bertz CT molecular complexity index is 803. The summed E-state index contributed by atoms with van der Waals surface area (Å²) in [5.74, 6) is 0.797. The fraction of sp³-hybridized carbons (Fsp3) is 0.273. The number of sulfonamides is 1. The topological polar surface area (TPSA) is 115 Å². The van der Waals surface area contributed by atoms with Crippen molar-refractivity contribution in [2.45, 2.75) is 23.1 Å². The lowest BCUT2D eigenvalue weighted by Gasteiger charge is -2.07. The average molecular weight is 360 g/mol. The molecule has 2 rings (SSSR count). The number of aryl methyl sites for hydroxylation is 1. The fourth-order valence-corrected chi connectivity index (χ4v) is 4.74. The zero-order valence-electron chi connectivity index (χ0n) is 11.6. The van der Waals surface area contributed by atoms with Crippen LogP contribution in [0.25, 0.3) is 0 Å². The van der Waals surface area contributed by atoms with Gasteiger partial charge in [-0.15, -0.1) is 10.2 Å². The molecule has 0 atom stereocenters. The van der Waals surface area contributed by atoms with Crippen molar-refractivity contribution >= 4 is 43.9 Å². The maximum atomic E-state index is 12.4. The van der Waals surface area contributed by atoms with Gasteiger partial charge in [-0.3, -0.25) is 14.8 Å². The second kappa shape index (κ2) is 6.58. The average Bonchev–Trinajstić information content (AvgIpc) is 2.85. The highest BCUT2D eigenvalue weighted by molar-refractivity contribution is 8.01. The summed E-state index contributed by atoms with van der Waals surface area (Å²) in [7, 11) is -3.96. The van der Waals surface area contributed by atoms with Crippen molar-refractivity contribution < 1.29 is 13.3 Å². The first-order valence-corrected chi connectivity index (χ1v) is 9.36. The number of non-ortho nitro benzene ring substituents is 1. The molecule has 118 valence electrons. The van der Waals surface area contributed by atoms with Gasteiger partial charge in [0.1, 0.15) is 0 Å². The highest BCUT2D eigenvalue weighted by atomic mass is 32.2. The monoisotopic (exact) mass is 360 g/mol. The molecule has 11 heteroatoms. The summed E-state index contributed by atoms with van der Waals surface area (Å²) >= 11 is 2.56. The summed E-state index contributed by atoms with van der Waals surface area (Å²) in [5.41, 5.74) is 0.122. The zero-order valence-corrected chi connectivity index (χ0v) is 14.1. The molecule has 22 heavy (non-hydrogen) atoms. The number of hydrogen-bond acceptors (Lipinski definition) is 8. The summed E-state index contributed by atoms with van der Waals surface area (Å²) in [6, 6.07) is 3.68. The summed E-state index contributed by atoms with van der Waals surface area (Å²) in [6.45, 7) is 3.51. The largest absolute Gasteiger partial charge is 0.270 e. The van der Waals surface area contributed by atoms with E-state index in [2.05, 4.69) is 14.9 Å². The molecule has 1 aromatic heterocycles. The first-order valence-electron chi connectivity index (χ1n) is 6.07. The number of nitro groups is 1. The van der Waals surface area contributed by atoms with Crippen LogP contribution in [-0.2, 0) is 10.0 Å². The molecule has 1 aromatic carbocycles. The normalized spacial score (nSPS) is 11.4. The SMILES string of the molecule is CCSc1nnc(NS(=O)(=O)c2cc([N+](=O)[O-])ccc2C)s1. The van der Waals surface area contributed by atoms with Gasteiger partial charge >= 0.3 is 0 Å². The Hall–Kier alpha value is -1.72. The number of nitro benzene ring substituents is 1. The maximum Gasteiger partial charge on any atom is 0.270 e. The lowest BCUT2D eigenvalue weighted by molar-refractivity contribution is -0.385. The molecule has 1 N–H and O–H groups in total. The minimum Gasteiger partial charge on any atom is -0.258 e. The van der Waals surface area contributed by atoms with Gasteiger partial charge in [0.2, 0.25) is 5.13 Å². The third-order valence-electron chi connectivity index (χ3n) is 2.57. The van der Waals surface area contributed by atoms with Crippen LogP contribution in [0.5, 0.6) is 0 Å². The van der Waals surface area contributed by atoms with Gasteiger partial charge in [0.25, 0.3) is 15.7 Å². The van der Waals surface area contributed by atoms with Crippen LogP contribution in [0.1, 0.15) is 12.5 Å². The molecular weight excluding hydrogens is 348 g/mol. The summed E-state index contributed by atoms with van der Waals surface area (Å²) in [4.78, 5) is 10.0. The number of aromatic nitrogens is 2. The quantitative estimate of drug-likeness (QED) is 0.478. The Morgan fingerprint density at radius 1 is 1.41 bits per heavy atom. The predicted molar refractivity (Wildman–Crippen MR) is 84.9 cm³/mol. The molecule has 0 fully saturated rings. The van der Waals surface area contributed by atoms with Crippen molar-refractivity contribution in [3.63, 3.8) is 0 Å². The lowest BCUT2D eigenvalue weighted by atomic mass is 10.2. The molecule has 0 radical (unpaired) electrons. The zero-order chi connectivity index (χ0) is 16.3. The van der Waals surface area contributed by atoms with Gasteiger partial charge < -0.3 is 0 Å². The molecule has 0 saturated carbocycles. The number of anilines is 1. The highest BCUT2D eigenvalue weighted by Gasteiger charge is 2.22. The Labute approximate surface area is 135 Å². The van der Waals surface area contributed by atoms with E-state index in [4.69, 9.17) is 0 Å². The van der Waals surface area contributed by atoms with Crippen LogP contribution in [0.15, 0.2) is 27.4 Å². The lowest BCUT2D eigenvalue weighted by Crippen LogP contribution is -2.14. The van der Waals surface area contributed by atoms with Gasteiger partial charge in [-0.2, -0.15) is 0 Å². The molecule has 0 saturated heterocycles. The van der Waals surface area contributed by atoms with Gasteiger partial charge in [-0.1, -0.05) is 36.1 Å². The van der Waals surface area contributed by atoms with Crippen LogP contribution in [0.4, 0.5) is 10.8 Å². The number of nitrogens with one attached hydrogen (secondary N) is 1.